The van der Waals surface area contributed by atoms with Gasteiger partial charge in [-0.25, -0.2) is 0 Å². The number of methoxy groups -OCH3 is 1. The summed E-state index contributed by atoms with van der Waals surface area (Å²) in [7, 11) is 1.59. The molecule has 0 aliphatic heterocycles. The fourth-order valence-electron chi connectivity index (χ4n) is 3.40. The van der Waals surface area contributed by atoms with Gasteiger partial charge in [0.15, 0.2) is 0 Å². The topological polar surface area (TPSA) is 67.4 Å². The number of hydrogen-bond acceptors (Lipinski definition) is 4. The third kappa shape index (κ3) is 6.66. The van der Waals surface area contributed by atoms with E-state index >= 15 is 0 Å². The normalized spacial score (nSPS) is 11.4. The van der Waals surface area contributed by atoms with Crippen molar-refractivity contribution in [1.82, 2.24) is 0 Å². The molecule has 7 heteroatoms. The quantitative estimate of drug-likeness (QED) is 0.253. The summed E-state index contributed by atoms with van der Waals surface area (Å²) in [5.74, 6) is 0.280. The van der Waals surface area contributed by atoms with Gasteiger partial charge < -0.3 is 15.4 Å². The van der Waals surface area contributed by atoms with Crippen LogP contribution in [-0.2, 0) is 4.79 Å². The highest BCUT2D eigenvalue weighted by Crippen LogP contribution is 2.37. The predicted molar refractivity (Wildman–Crippen MR) is 143 cm³/mol. The molecule has 0 aliphatic carbocycles. The Kier molecular flexibility index (Phi) is 8.08. The van der Waals surface area contributed by atoms with E-state index in [0.29, 0.717) is 27.7 Å². The predicted octanol–water partition coefficient (Wildman–Crippen LogP) is 7.07. The molecule has 0 fully saturated rings. The third-order valence-electron chi connectivity index (χ3n) is 5.13. The lowest BCUT2D eigenvalue weighted by atomic mass is 10.1. The van der Waals surface area contributed by atoms with E-state index in [2.05, 4.69) is 10.6 Å². The number of halogens is 1. The molecule has 0 spiro atoms. The average molecular weight is 503 g/mol. The van der Waals surface area contributed by atoms with Crippen LogP contribution in [0.4, 0.5) is 11.4 Å². The molecule has 0 aliphatic rings. The van der Waals surface area contributed by atoms with E-state index in [-0.39, 0.29) is 11.8 Å². The van der Waals surface area contributed by atoms with Crippen molar-refractivity contribution >= 4 is 46.6 Å². The van der Waals surface area contributed by atoms with Crippen LogP contribution in [0.15, 0.2) is 108 Å². The molecular weight excluding hydrogens is 480 g/mol. The van der Waals surface area contributed by atoms with Gasteiger partial charge in [0.2, 0.25) is 5.91 Å². The molecule has 0 heterocycles. The number of benzene rings is 4. The molecule has 1 unspecified atom stereocenters. The number of amides is 2. The summed E-state index contributed by atoms with van der Waals surface area (Å²) in [6.07, 6.45) is 0. The monoisotopic (exact) mass is 502 g/mol. The Labute approximate surface area is 213 Å². The number of nitrogens with one attached hydrogen (secondary N) is 2. The molecule has 0 radical (unpaired) electrons. The number of ether oxygens (including phenoxy) is 1. The van der Waals surface area contributed by atoms with Crippen LogP contribution in [0.1, 0.15) is 21.2 Å². The minimum atomic E-state index is -0.477. The smallest absolute Gasteiger partial charge is 0.255 e. The summed E-state index contributed by atoms with van der Waals surface area (Å²) < 4.78 is 5.26. The lowest BCUT2D eigenvalue weighted by molar-refractivity contribution is -0.115. The second-order valence-electron chi connectivity index (χ2n) is 7.62. The van der Waals surface area contributed by atoms with Crippen LogP contribution >= 0.6 is 23.4 Å². The minimum absolute atomic E-state index is 0.146. The molecule has 35 heavy (non-hydrogen) atoms. The third-order valence-corrected chi connectivity index (χ3v) is 6.63. The van der Waals surface area contributed by atoms with Gasteiger partial charge in [-0.05, 0) is 60.2 Å². The van der Waals surface area contributed by atoms with E-state index in [9.17, 15) is 9.59 Å². The van der Waals surface area contributed by atoms with Crippen molar-refractivity contribution in [3.8, 4) is 5.75 Å². The second-order valence-corrected chi connectivity index (χ2v) is 9.23. The van der Waals surface area contributed by atoms with Crippen LogP contribution in [0.5, 0.6) is 5.75 Å². The minimum Gasteiger partial charge on any atom is -0.497 e. The second kappa shape index (κ2) is 11.6. The fourth-order valence-corrected chi connectivity index (χ4v) is 4.61. The molecular formula is C28H23ClN2O3S. The zero-order chi connectivity index (χ0) is 24.6. The number of carbonyl (C=O) groups excluding carboxylic acids is 2. The maximum absolute atomic E-state index is 13.3. The maximum atomic E-state index is 13.3. The Hall–Kier alpha value is -3.74. The van der Waals surface area contributed by atoms with Crippen LogP contribution in [0, 0.1) is 0 Å². The molecule has 2 N–H and O–H groups in total. The Balaban J connectivity index is 1.49. The maximum Gasteiger partial charge on any atom is 0.255 e. The lowest BCUT2D eigenvalue weighted by Crippen LogP contribution is -2.19. The van der Waals surface area contributed by atoms with Gasteiger partial charge >= 0.3 is 0 Å². The number of carbonyl (C=O) groups is 2. The van der Waals surface area contributed by atoms with E-state index in [1.165, 1.54) is 11.8 Å². The highest BCUT2D eigenvalue weighted by atomic mass is 35.5. The molecule has 4 rings (SSSR count). The van der Waals surface area contributed by atoms with E-state index in [1.54, 1.807) is 37.4 Å². The van der Waals surface area contributed by atoms with Crippen molar-refractivity contribution in [2.75, 3.05) is 17.7 Å². The van der Waals surface area contributed by atoms with E-state index in [1.807, 2.05) is 72.8 Å². The molecule has 0 saturated carbocycles. The first-order valence-electron chi connectivity index (χ1n) is 10.9. The Morgan fingerprint density at radius 3 is 2.26 bits per heavy atom. The summed E-state index contributed by atoms with van der Waals surface area (Å²) in [5, 5.41) is 5.88. The summed E-state index contributed by atoms with van der Waals surface area (Å²) in [4.78, 5) is 26.6. The highest BCUT2D eigenvalue weighted by molar-refractivity contribution is 8.00. The lowest BCUT2D eigenvalue weighted by Gasteiger charge is -2.18. The summed E-state index contributed by atoms with van der Waals surface area (Å²) in [6, 6.07) is 31.0. The van der Waals surface area contributed by atoms with Crippen LogP contribution < -0.4 is 15.4 Å². The fraction of sp³-hybridized carbons (Fsp3) is 0.0714. The summed E-state index contributed by atoms with van der Waals surface area (Å²) >= 11 is 7.41. The molecule has 176 valence electrons. The van der Waals surface area contributed by atoms with Crippen molar-refractivity contribution in [1.29, 1.82) is 0 Å². The van der Waals surface area contributed by atoms with E-state index in [4.69, 9.17) is 16.3 Å². The van der Waals surface area contributed by atoms with Crippen molar-refractivity contribution in [2.24, 2.45) is 0 Å². The van der Waals surface area contributed by atoms with Crippen LogP contribution in [0.25, 0.3) is 0 Å². The van der Waals surface area contributed by atoms with Gasteiger partial charge in [0, 0.05) is 32.9 Å². The molecule has 2 amide bonds. The van der Waals surface area contributed by atoms with Gasteiger partial charge in [-0.2, -0.15) is 0 Å². The zero-order valence-electron chi connectivity index (χ0n) is 18.9. The Morgan fingerprint density at radius 1 is 0.800 bits per heavy atom. The van der Waals surface area contributed by atoms with Gasteiger partial charge in [-0.15, -0.1) is 11.8 Å². The number of thioether (sulfide) groups is 1. The first-order valence-corrected chi connectivity index (χ1v) is 12.1. The van der Waals surface area contributed by atoms with Crippen molar-refractivity contribution < 1.29 is 14.3 Å². The van der Waals surface area contributed by atoms with Crippen molar-refractivity contribution in [2.45, 2.75) is 10.1 Å². The first-order chi connectivity index (χ1) is 17.0. The van der Waals surface area contributed by atoms with E-state index < -0.39 is 5.25 Å². The zero-order valence-corrected chi connectivity index (χ0v) is 20.5. The van der Waals surface area contributed by atoms with Crippen molar-refractivity contribution in [3.63, 3.8) is 0 Å². The summed E-state index contributed by atoms with van der Waals surface area (Å²) in [5.41, 5.74) is 2.68. The summed E-state index contributed by atoms with van der Waals surface area (Å²) in [6.45, 7) is 0. The molecule has 5 nitrogen and oxygen atoms in total. The molecule has 4 aromatic carbocycles. The number of anilines is 2. The van der Waals surface area contributed by atoms with E-state index in [0.717, 1.165) is 10.5 Å². The van der Waals surface area contributed by atoms with Crippen LogP contribution in [0.3, 0.4) is 0 Å². The molecule has 0 bridgehead atoms. The largest absolute Gasteiger partial charge is 0.497 e. The SMILES string of the molecule is COc1cccc(NC(=O)C(Sc2ccc(NC(=O)c3cccc(Cl)c3)cc2)c2ccccc2)c1. The molecule has 0 saturated heterocycles. The number of hydrogen-bond donors (Lipinski definition) is 2. The van der Waals surface area contributed by atoms with Gasteiger partial charge in [-0.3, -0.25) is 9.59 Å². The van der Waals surface area contributed by atoms with Crippen LogP contribution in [-0.4, -0.2) is 18.9 Å². The van der Waals surface area contributed by atoms with Crippen molar-refractivity contribution in [3.05, 3.63) is 119 Å². The van der Waals surface area contributed by atoms with Gasteiger partial charge in [-0.1, -0.05) is 54.1 Å². The first kappa shape index (κ1) is 24.4. The molecule has 4 aromatic rings. The number of rotatable bonds is 8. The van der Waals surface area contributed by atoms with Crippen LogP contribution in [0.2, 0.25) is 5.02 Å². The van der Waals surface area contributed by atoms with Gasteiger partial charge in [0.05, 0.1) is 7.11 Å². The Morgan fingerprint density at radius 2 is 1.54 bits per heavy atom. The van der Waals surface area contributed by atoms with Gasteiger partial charge in [0.25, 0.3) is 5.91 Å². The molecule has 0 aromatic heterocycles. The highest BCUT2D eigenvalue weighted by Gasteiger charge is 2.22. The standard InChI is InChI=1S/C28H23ClN2O3S/c1-34-24-12-6-11-23(18-24)31-28(33)26(19-7-3-2-4-8-19)35-25-15-13-22(14-16-25)30-27(32)20-9-5-10-21(29)17-20/h2-18,26H,1H3,(H,30,32)(H,31,33). The average Bonchev–Trinajstić information content (AvgIpc) is 2.88. The molecule has 1 atom stereocenters. The van der Waals surface area contributed by atoms with Gasteiger partial charge in [0.1, 0.15) is 11.0 Å². The Bertz CT molecular complexity index is 1310.